The van der Waals surface area contributed by atoms with E-state index < -0.39 is 17.8 Å². The third kappa shape index (κ3) is 2.14. The van der Waals surface area contributed by atoms with Crippen molar-refractivity contribution in [3.8, 4) is 0 Å². The highest BCUT2D eigenvalue weighted by molar-refractivity contribution is 6.33. The number of nitrogens with two attached hydrogens (primary N) is 1. The van der Waals surface area contributed by atoms with E-state index >= 15 is 0 Å². The summed E-state index contributed by atoms with van der Waals surface area (Å²) in [6.45, 7) is -0.186. The number of hydrogen-bond donors (Lipinski definition) is 2. The molecule has 2 rings (SSSR count). The van der Waals surface area contributed by atoms with E-state index in [1.807, 2.05) is 0 Å². The molecule has 0 spiro atoms. The van der Waals surface area contributed by atoms with Gasteiger partial charge in [0.2, 0.25) is 0 Å². The number of fused-ring (bicyclic) bond motifs is 1. The number of aliphatic hydroxyl groups excluding tert-OH is 1. The van der Waals surface area contributed by atoms with Gasteiger partial charge in [-0.2, -0.15) is 13.2 Å². The van der Waals surface area contributed by atoms with Gasteiger partial charge >= 0.3 is 6.18 Å². The summed E-state index contributed by atoms with van der Waals surface area (Å²) in [5.74, 6) is -0.0829. The predicted octanol–water partition coefficient (Wildman–Crippen LogP) is 1.39. The second kappa shape index (κ2) is 4.38. The molecule has 0 fully saturated rings. The van der Waals surface area contributed by atoms with Crippen molar-refractivity contribution in [3.05, 3.63) is 28.7 Å². The standard InChI is InChI=1S/C9H8ClF3N4O/c10-5-1-4(9(11,12)13)3-17-7(5)15-16-8(17)6(18)2-14/h1,3,6,18H,2,14H2. The third-order valence-electron chi connectivity index (χ3n) is 2.33. The summed E-state index contributed by atoms with van der Waals surface area (Å²) in [7, 11) is 0. The molecule has 98 valence electrons. The second-order valence-corrected chi connectivity index (χ2v) is 3.98. The van der Waals surface area contributed by atoms with Gasteiger partial charge in [0, 0.05) is 12.7 Å². The molecular weight excluding hydrogens is 273 g/mol. The van der Waals surface area contributed by atoms with Crippen LogP contribution in [0.1, 0.15) is 17.5 Å². The molecule has 0 aliphatic carbocycles. The maximum absolute atomic E-state index is 12.6. The first-order valence-electron chi connectivity index (χ1n) is 4.84. The highest BCUT2D eigenvalue weighted by atomic mass is 35.5. The Kier molecular flexibility index (Phi) is 3.18. The minimum atomic E-state index is -4.55. The molecule has 0 saturated carbocycles. The van der Waals surface area contributed by atoms with Gasteiger partial charge in [0.15, 0.2) is 11.5 Å². The van der Waals surface area contributed by atoms with E-state index in [1.165, 1.54) is 0 Å². The fraction of sp³-hybridized carbons (Fsp3) is 0.333. The maximum Gasteiger partial charge on any atom is 0.417 e. The van der Waals surface area contributed by atoms with Crippen molar-refractivity contribution in [2.45, 2.75) is 12.3 Å². The first-order valence-corrected chi connectivity index (χ1v) is 5.22. The van der Waals surface area contributed by atoms with Crippen LogP contribution in [0.2, 0.25) is 5.02 Å². The van der Waals surface area contributed by atoms with E-state index in [2.05, 4.69) is 10.2 Å². The van der Waals surface area contributed by atoms with Gasteiger partial charge in [-0.05, 0) is 6.07 Å². The monoisotopic (exact) mass is 280 g/mol. The molecule has 0 aliphatic rings. The molecule has 2 aromatic heterocycles. The van der Waals surface area contributed by atoms with Crippen LogP contribution in [0.15, 0.2) is 12.3 Å². The van der Waals surface area contributed by atoms with Crippen molar-refractivity contribution in [1.82, 2.24) is 14.6 Å². The van der Waals surface area contributed by atoms with E-state index in [0.29, 0.717) is 0 Å². The summed E-state index contributed by atoms with van der Waals surface area (Å²) >= 11 is 5.69. The van der Waals surface area contributed by atoms with Crippen LogP contribution in [0, 0.1) is 0 Å². The molecule has 18 heavy (non-hydrogen) atoms. The van der Waals surface area contributed by atoms with Gasteiger partial charge < -0.3 is 10.8 Å². The zero-order valence-corrected chi connectivity index (χ0v) is 9.57. The van der Waals surface area contributed by atoms with E-state index in [0.717, 1.165) is 16.7 Å². The first kappa shape index (κ1) is 13.1. The lowest BCUT2D eigenvalue weighted by Gasteiger charge is -2.10. The van der Waals surface area contributed by atoms with Gasteiger partial charge in [-0.15, -0.1) is 10.2 Å². The zero-order valence-electron chi connectivity index (χ0n) is 8.82. The Balaban J connectivity index is 2.68. The maximum atomic E-state index is 12.6. The van der Waals surface area contributed by atoms with Gasteiger partial charge in [-0.3, -0.25) is 4.40 Å². The number of aliphatic hydroxyl groups is 1. The Hall–Kier alpha value is -1.38. The van der Waals surface area contributed by atoms with Crippen molar-refractivity contribution in [1.29, 1.82) is 0 Å². The summed E-state index contributed by atoms with van der Waals surface area (Å²) in [4.78, 5) is 0. The van der Waals surface area contributed by atoms with Crippen molar-refractivity contribution in [3.63, 3.8) is 0 Å². The van der Waals surface area contributed by atoms with Gasteiger partial charge in [0.1, 0.15) is 6.10 Å². The van der Waals surface area contributed by atoms with Gasteiger partial charge in [0.05, 0.1) is 10.6 Å². The van der Waals surface area contributed by atoms with Crippen molar-refractivity contribution in [2.24, 2.45) is 5.73 Å². The predicted molar refractivity (Wildman–Crippen MR) is 57.0 cm³/mol. The number of hydrogen-bond acceptors (Lipinski definition) is 4. The molecule has 0 aliphatic heterocycles. The minimum absolute atomic E-state index is 0.0344. The van der Waals surface area contributed by atoms with Crippen LogP contribution in [-0.4, -0.2) is 26.2 Å². The van der Waals surface area contributed by atoms with E-state index in [4.69, 9.17) is 17.3 Å². The second-order valence-electron chi connectivity index (χ2n) is 3.58. The number of alkyl halides is 3. The van der Waals surface area contributed by atoms with Crippen LogP contribution >= 0.6 is 11.6 Å². The molecule has 0 aromatic carbocycles. The zero-order chi connectivity index (χ0) is 13.5. The van der Waals surface area contributed by atoms with Crippen LogP contribution < -0.4 is 5.73 Å². The summed E-state index contributed by atoms with van der Waals surface area (Å²) in [6.07, 6.45) is -4.98. The molecule has 1 atom stereocenters. The quantitative estimate of drug-likeness (QED) is 0.872. The molecule has 2 heterocycles. The van der Waals surface area contributed by atoms with Gasteiger partial charge in [-0.25, -0.2) is 0 Å². The molecule has 0 radical (unpaired) electrons. The van der Waals surface area contributed by atoms with Crippen LogP contribution in [0.25, 0.3) is 5.65 Å². The van der Waals surface area contributed by atoms with Crippen molar-refractivity contribution in [2.75, 3.05) is 6.54 Å². The number of aromatic nitrogens is 3. The Morgan fingerprint density at radius 1 is 1.44 bits per heavy atom. The lowest BCUT2D eigenvalue weighted by Crippen LogP contribution is -2.15. The fourth-order valence-corrected chi connectivity index (χ4v) is 1.71. The normalized spacial score (nSPS) is 14.1. The summed E-state index contributed by atoms with van der Waals surface area (Å²) < 4.78 is 38.8. The Labute approximate surface area is 104 Å². The SMILES string of the molecule is NCC(O)c1nnc2c(Cl)cc(C(F)(F)F)cn12. The fourth-order valence-electron chi connectivity index (χ4n) is 1.46. The van der Waals surface area contributed by atoms with E-state index in [1.54, 1.807) is 0 Å². The van der Waals surface area contributed by atoms with Crippen LogP contribution in [0.5, 0.6) is 0 Å². The molecule has 3 N–H and O–H groups in total. The molecule has 0 amide bonds. The van der Waals surface area contributed by atoms with Crippen LogP contribution in [0.4, 0.5) is 13.2 Å². The van der Waals surface area contributed by atoms with Crippen LogP contribution in [0.3, 0.4) is 0 Å². The summed E-state index contributed by atoms with van der Waals surface area (Å²) in [6, 6.07) is 0.754. The molecule has 0 bridgehead atoms. The number of rotatable bonds is 2. The smallest absolute Gasteiger partial charge is 0.384 e. The van der Waals surface area contributed by atoms with Gasteiger partial charge in [0.25, 0.3) is 0 Å². The molecule has 9 heteroatoms. The highest BCUT2D eigenvalue weighted by Gasteiger charge is 2.32. The highest BCUT2D eigenvalue weighted by Crippen LogP contribution is 2.32. The molecule has 5 nitrogen and oxygen atoms in total. The minimum Gasteiger partial charge on any atom is -0.384 e. The number of nitrogens with zero attached hydrogens (tertiary/aromatic N) is 3. The number of pyridine rings is 1. The molecular formula is C9H8ClF3N4O. The van der Waals surface area contributed by atoms with E-state index in [-0.39, 0.29) is 23.0 Å². The molecule has 1 unspecified atom stereocenters. The Bertz CT molecular complexity index is 583. The topological polar surface area (TPSA) is 76.4 Å². The Morgan fingerprint density at radius 3 is 2.67 bits per heavy atom. The largest absolute Gasteiger partial charge is 0.417 e. The first-order chi connectivity index (χ1) is 8.34. The van der Waals surface area contributed by atoms with Crippen LogP contribution in [-0.2, 0) is 6.18 Å². The third-order valence-corrected chi connectivity index (χ3v) is 2.61. The van der Waals surface area contributed by atoms with Crippen molar-refractivity contribution >= 4 is 17.2 Å². The van der Waals surface area contributed by atoms with Crippen molar-refractivity contribution < 1.29 is 18.3 Å². The molecule has 0 saturated heterocycles. The van der Waals surface area contributed by atoms with Gasteiger partial charge in [-0.1, -0.05) is 11.6 Å². The average molecular weight is 281 g/mol. The average Bonchev–Trinajstić information content (AvgIpc) is 2.71. The summed E-state index contributed by atoms with van der Waals surface area (Å²) in [5, 5.41) is 16.5. The Morgan fingerprint density at radius 2 is 2.11 bits per heavy atom. The van der Waals surface area contributed by atoms with E-state index in [9.17, 15) is 18.3 Å². The lowest BCUT2D eigenvalue weighted by atomic mass is 10.2. The lowest BCUT2D eigenvalue weighted by molar-refractivity contribution is -0.137. The molecule has 2 aromatic rings. The summed E-state index contributed by atoms with van der Waals surface area (Å²) in [5.41, 5.74) is 4.31. The number of halogens is 4.